The van der Waals surface area contributed by atoms with Gasteiger partial charge in [-0.1, -0.05) is 24.3 Å². The third-order valence-corrected chi connectivity index (χ3v) is 4.60. The van der Waals surface area contributed by atoms with Crippen molar-refractivity contribution in [2.45, 2.75) is 6.42 Å². The van der Waals surface area contributed by atoms with Crippen LogP contribution in [0.1, 0.15) is 5.56 Å². The van der Waals surface area contributed by atoms with Gasteiger partial charge in [0.15, 0.2) is 0 Å². The summed E-state index contributed by atoms with van der Waals surface area (Å²) in [7, 11) is 0. The summed E-state index contributed by atoms with van der Waals surface area (Å²) in [6.45, 7) is 0. The molecule has 1 aliphatic rings. The van der Waals surface area contributed by atoms with E-state index in [1.165, 1.54) is 24.3 Å². The summed E-state index contributed by atoms with van der Waals surface area (Å²) in [5.74, 6) is -0.644. The Labute approximate surface area is 153 Å². The van der Waals surface area contributed by atoms with Crippen LogP contribution in [0, 0.1) is 11.6 Å². The predicted molar refractivity (Wildman–Crippen MR) is 98.9 cm³/mol. The quantitative estimate of drug-likeness (QED) is 0.546. The molecule has 0 fully saturated rings. The number of carbonyl (C=O) groups is 1. The third-order valence-electron chi connectivity index (χ3n) is 4.39. The maximum atomic E-state index is 13.3. The van der Waals surface area contributed by atoms with E-state index in [2.05, 4.69) is 4.99 Å². The van der Waals surface area contributed by atoms with Gasteiger partial charge in [0.2, 0.25) is 0 Å². The second kappa shape index (κ2) is 6.46. The number of carbonyl (C=O) groups excluding carboxylic acids is 1. The van der Waals surface area contributed by atoms with Gasteiger partial charge in [-0.25, -0.2) is 13.8 Å². The second-order valence-electron chi connectivity index (χ2n) is 6.04. The maximum Gasteiger partial charge on any atom is 0.267 e. The summed E-state index contributed by atoms with van der Waals surface area (Å²) < 4.78 is 26.5. The van der Waals surface area contributed by atoms with Crippen molar-refractivity contribution in [3.63, 3.8) is 0 Å². The van der Waals surface area contributed by atoms with Gasteiger partial charge in [-0.15, -0.1) is 0 Å². The van der Waals surface area contributed by atoms with Crippen LogP contribution in [0.15, 0.2) is 65.7 Å². The minimum atomic E-state index is -0.588. The van der Waals surface area contributed by atoms with Crippen LogP contribution in [0.3, 0.4) is 0 Å². The van der Waals surface area contributed by atoms with Gasteiger partial charge in [-0.3, -0.25) is 4.79 Å². The van der Waals surface area contributed by atoms with Gasteiger partial charge in [0, 0.05) is 6.42 Å². The maximum absolute atomic E-state index is 13.3. The van der Waals surface area contributed by atoms with E-state index in [1.807, 2.05) is 12.1 Å². The molecular formula is C21H12ClF2NO. The van der Waals surface area contributed by atoms with Gasteiger partial charge in [-0.2, -0.15) is 0 Å². The molecule has 0 N–H and O–H groups in total. The Hall–Kier alpha value is -2.85. The smallest absolute Gasteiger partial charge is 0.267 e. The molecule has 5 heteroatoms. The van der Waals surface area contributed by atoms with Crippen LogP contribution in [0.2, 0.25) is 0 Å². The fourth-order valence-electron chi connectivity index (χ4n) is 3.10. The normalized spacial score (nSPS) is 12.7. The number of halogens is 3. The van der Waals surface area contributed by atoms with Crippen LogP contribution >= 0.6 is 11.6 Å². The second-order valence-corrected chi connectivity index (χ2v) is 6.39. The fourth-order valence-corrected chi connectivity index (χ4v) is 3.21. The largest absolute Gasteiger partial charge is 0.274 e. The molecular weight excluding hydrogens is 356 g/mol. The molecule has 0 atom stereocenters. The highest BCUT2D eigenvalue weighted by Crippen LogP contribution is 2.40. The Kier molecular flexibility index (Phi) is 4.13. The van der Waals surface area contributed by atoms with Crippen LogP contribution < -0.4 is 0 Å². The molecule has 26 heavy (non-hydrogen) atoms. The molecule has 3 aromatic rings. The van der Waals surface area contributed by atoms with E-state index in [-0.39, 0.29) is 17.3 Å². The third kappa shape index (κ3) is 3.04. The Morgan fingerprint density at radius 1 is 0.846 bits per heavy atom. The van der Waals surface area contributed by atoms with Crippen molar-refractivity contribution in [3.05, 3.63) is 77.9 Å². The lowest BCUT2D eigenvalue weighted by Crippen LogP contribution is -2.06. The Morgan fingerprint density at radius 2 is 1.42 bits per heavy atom. The number of benzene rings is 3. The molecule has 3 aromatic carbocycles. The Bertz CT molecular complexity index is 1040. The predicted octanol–water partition coefficient (Wildman–Crippen LogP) is 5.69. The van der Waals surface area contributed by atoms with E-state index in [0.29, 0.717) is 12.1 Å². The highest BCUT2D eigenvalue weighted by molar-refractivity contribution is 6.82. The monoisotopic (exact) mass is 367 g/mol. The van der Waals surface area contributed by atoms with Crippen LogP contribution in [-0.4, -0.2) is 11.0 Å². The highest BCUT2D eigenvalue weighted by Gasteiger charge is 2.23. The van der Waals surface area contributed by atoms with Crippen molar-refractivity contribution in [3.8, 4) is 22.3 Å². The lowest BCUT2D eigenvalue weighted by atomic mass is 9.92. The van der Waals surface area contributed by atoms with Gasteiger partial charge < -0.3 is 0 Å². The molecule has 0 spiro atoms. The van der Waals surface area contributed by atoms with Gasteiger partial charge in [0.25, 0.3) is 5.24 Å². The lowest BCUT2D eigenvalue weighted by molar-refractivity contribution is -0.106. The molecule has 0 saturated heterocycles. The number of rotatable bonds is 3. The first-order valence-electron chi connectivity index (χ1n) is 7.97. The molecule has 0 bridgehead atoms. The molecule has 128 valence electrons. The summed E-state index contributed by atoms with van der Waals surface area (Å²) >= 11 is 5.61. The molecule has 0 aliphatic carbocycles. The van der Waals surface area contributed by atoms with E-state index in [1.54, 1.807) is 24.3 Å². The molecule has 0 radical (unpaired) electrons. The van der Waals surface area contributed by atoms with Crippen molar-refractivity contribution < 1.29 is 13.6 Å². The first-order chi connectivity index (χ1) is 12.5. The summed E-state index contributed by atoms with van der Waals surface area (Å²) in [5.41, 5.74) is 5.10. The molecule has 0 saturated carbocycles. The van der Waals surface area contributed by atoms with E-state index >= 15 is 0 Å². The van der Waals surface area contributed by atoms with Crippen LogP contribution in [0.25, 0.3) is 22.3 Å². The van der Waals surface area contributed by atoms with Crippen molar-refractivity contribution in [2.75, 3.05) is 0 Å². The Balaban J connectivity index is 1.90. The topological polar surface area (TPSA) is 29.4 Å². The summed E-state index contributed by atoms with van der Waals surface area (Å²) in [6, 6.07) is 16.0. The van der Waals surface area contributed by atoms with E-state index in [9.17, 15) is 13.6 Å². The van der Waals surface area contributed by atoms with Crippen LogP contribution in [-0.2, 0) is 11.2 Å². The van der Waals surface area contributed by atoms with Crippen molar-refractivity contribution in [2.24, 2.45) is 4.99 Å². The summed E-state index contributed by atoms with van der Waals surface area (Å²) in [4.78, 5) is 15.9. The molecule has 0 aromatic heterocycles. The molecule has 0 amide bonds. The van der Waals surface area contributed by atoms with Gasteiger partial charge in [-0.05, 0) is 75.8 Å². The van der Waals surface area contributed by atoms with Crippen molar-refractivity contribution in [1.29, 1.82) is 0 Å². The minimum Gasteiger partial charge on any atom is -0.274 e. The fraction of sp³-hybridized carbons (Fsp3) is 0.0476. The van der Waals surface area contributed by atoms with Crippen molar-refractivity contribution in [1.82, 2.24) is 0 Å². The standard InChI is InChI=1S/C21H12ClF2NO/c22-21(26)20-11-18-17(13-3-7-16(24)8-4-13)9-14(10-19(18)25-20)12-1-5-15(23)6-2-12/h1-10H,11H2. The van der Waals surface area contributed by atoms with Gasteiger partial charge in [0.1, 0.15) is 17.3 Å². The first-order valence-corrected chi connectivity index (χ1v) is 8.35. The number of nitrogens with zero attached hydrogens (tertiary/aromatic N) is 1. The number of hydrogen-bond acceptors (Lipinski definition) is 2. The van der Waals surface area contributed by atoms with Gasteiger partial charge >= 0.3 is 0 Å². The lowest BCUT2D eigenvalue weighted by Gasteiger charge is -2.12. The highest BCUT2D eigenvalue weighted by atomic mass is 35.5. The Morgan fingerprint density at radius 3 is 2.00 bits per heavy atom. The average molecular weight is 368 g/mol. The van der Waals surface area contributed by atoms with Crippen LogP contribution in [0.4, 0.5) is 14.5 Å². The zero-order valence-electron chi connectivity index (χ0n) is 13.5. The van der Waals surface area contributed by atoms with E-state index in [0.717, 1.165) is 27.8 Å². The average Bonchev–Trinajstić information content (AvgIpc) is 3.07. The molecule has 1 aliphatic heterocycles. The summed E-state index contributed by atoms with van der Waals surface area (Å²) in [5, 5.41) is -0.588. The zero-order chi connectivity index (χ0) is 18.3. The number of fused-ring (bicyclic) bond motifs is 1. The van der Waals surface area contributed by atoms with Crippen LogP contribution in [0.5, 0.6) is 0 Å². The van der Waals surface area contributed by atoms with Crippen molar-refractivity contribution >= 4 is 28.2 Å². The SMILES string of the molecule is O=C(Cl)C1=Nc2cc(-c3ccc(F)cc3)cc(-c3ccc(F)cc3)c2C1. The number of hydrogen-bond donors (Lipinski definition) is 0. The van der Waals surface area contributed by atoms with E-state index in [4.69, 9.17) is 11.6 Å². The number of aliphatic imine (C=N–C) groups is 1. The zero-order valence-corrected chi connectivity index (χ0v) is 14.2. The minimum absolute atomic E-state index is 0.279. The summed E-state index contributed by atoms with van der Waals surface area (Å²) in [6.07, 6.45) is 0.327. The molecule has 4 rings (SSSR count). The molecule has 1 heterocycles. The van der Waals surface area contributed by atoms with E-state index < -0.39 is 5.24 Å². The molecule has 2 nitrogen and oxygen atoms in total. The van der Waals surface area contributed by atoms with Gasteiger partial charge in [0.05, 0.1) is 5.69 Å². The first kappa shape index (κ1) is 16.6. The molecule has 0 unspecified atom stereocenters.